The summed E-state index contributed by atoms with van der Waals surface area (Å²) >= 11 is 0. The number of methoxy groups -OCH3 is 1. The van der Waals surface area contributed by atoms with E-state index in [1.807, 2.05) is 29.6 Å². The third-order valence-corrected chi connectivity index (χ3v) is 3.21. The van der Waals surface area contributed by atoms with Gasteiger partial charge in [0.05, 0.1) is 25.2 Å². The molecule has 2 aromatic rings. The number of rotatable bonds is 4. The van der Waals surface area contributed by atoms with Crippen LogP contribution >= 0.6 is 0 Å². The lowest BCUT2D eigenvalue weighted by molar-refractivity contribution is 0.304. The van der Waals surface area contributed by atoms with Crippen molar-refractivity contribution in [3.05, 3.63) is 30.1 Å². The summed E-state index contributed by atoms with van der Waals surface area (Å²) in [7, 11) is 5.46. The van der Waals surface area contributed by atoms with Gasteiger partial charge in [0.1, 0.15) is 5.82 Å². The molecule has 1 heterocycles. The van der Waals surface area contributed by atoms with E-state index < -0.39 is 0 Å². The molecule has 0 N–H and O–H groups in total. The van der Waals surface area contributed by atoms with Gasteiger partial charge in [-0.3, -0.25) is 4.90 Å². The Balaban J connectivity index is 2.49. The molecule has 0 spiro atoms. The number of ether oxygens (including phenoxy) is 1. The summed E-state index contributed by atoms with van der Waals surface area (Å²) in [5.74, 6) is 3.17. The zero-order chi connectivity index (χ0) is 14.0. The smallest absolute Gasteiger partial charge is 0.194 e. The molecule has 0 aliphatic carbocycles. The Morgan fingerprint density at radius 3 is 2.74 bits per heavy atom. The SMILES string of the molecule is C#C[C@H](Cn1c(OC)cc2cc(F)ccc21)N(C)C. The van der Waals surface area contributed by atoms with Gasteiger partial charge in [-0.1, -0.05) is 5.92 Å². The highest BCUT2D eigenvalue weighted by Gasteiger charge is 2.15. The van der Waals surface area contributed by atoms with Crippen molar-refractivity contribution in [2.75, 3.05) is 21.2 Å². The Labute approximate surface area is 112 Å². The molecule has 100 valence electrons. The van der Waals surface area contributed by atoms with Crippen LogP contribution in [0.2, 0.25) is 0 Å². The summed E-state index contributed by atoms with van der Waals surface area (Å²) in [4.78, 5) is 1.97. The Kier molecular flexibility index (Phi) is 3.77. The van der Waals surface area contributed by atoms with Crippen molar-refractivity contribution in [2.24, 2.45) is 0 Å². The Morgan fingerprint density at radius 1 is 1.42 bits per heavy atom. The number of aromatic nitrogens is 1. The third kappa shape index (κ3) is 2.56. The summed E-state index contributed by atoms with van der Waals surface area (Å²) in [5, 5.41) is 0.811. The molecule has 1 atom stereocenters. The van der Waals surface area contributed by atoms with E-state index in [0.29, 0.717) is 12.4 Å². The molecule has 1 aromatic carbocycles. The minimum absolute atomic E-state index is 0.0467. The molecular formula is C15H17FN2O. The van der Waals surface area contributed by atoms with Crippen LogP contribution in [0.5, 0.6) is 5.88 Å². The van der Waals surface area contributed by atoms with Gasteiger partial charge in [-0.15, -0.1) is 6.42 Å². The highest BCUT2D eigenvalue weighted by Crippen LogP contribution is 2.26. The fourth-order valence-corrected chi connectivity index (χ4v) is 2.11. The molecule has 0 unspecified atom stereocenters. The van der Waals surface area contributed by atoms with E-state index in [4.69, 9.17) is 11.2 Å². The number of hydrogen-bond acceptors (Lipinski definition) is 2. The van der Waals surface area contributed by atoms with E-state index in [9.17, 15) is 4.39 Å². The predicted molar refractivity (Wildman–Crippen MR) is 74.8 cm³/mol. The lowest BCUT2D eigenvalue weighted by Gasteiger charge is -2.21. The Bertz CT molecular complexity index is 625. The van der Waals surface area contributed by atoms with E-state index in [-0.39, 0.29) is 11.9 Å². The molecule has 1 aromatic heterocycles. The van der Waals surface area contributed by atoms with Crippen LogP contribution in [-0.4, -0.2) is 36.7 Å². The van der Waals surface area contributed by atoms with Crippen LogP contribution in [0.4, 0.5) is 4.39 Å². The molecule has 0 bridgehead atoms. The summed E-state index contributed by atoms with van der Waals surface area (Å²) in [6, 6.07) is 6.46. The van der Waals surface area contributed by atoms with Gasteiger partial charge in [0.25, 0.3) is 0 Å². The number of hydrogen-bond donors (Lipinski definition) is 0. The molecule has 3 nitrogen and oxygen atoms in total. The first-order chi connectivity index (χ1) is 9.06. The number of benzene rings is 1. The highest BCUT2D eigenvalue weighted by atomic mass is 19.1. The molecule has 2 rings (SSSR count). The van der Waals surface area contributed by atoms with E-state index in [0.717, 1.165) is 10.9 Å². The second-order valence-corrected chi connectivity index (χ2v) is 4.65. The zero-order valence-electron chi connectivity index (χ0n) is 11.4. The predicted octanol–water partition coefficient (Wildman–Crippen LogP) is 2.35. The quantitative estimate of drug-likeness (QED) is 0.785. The number of likely N-dealkylation sites (N-methyl/N-ethyl adjacent to an activating group) is 1. The third-order valence-electron chi connectivity index (χ3n) is 3.21. The average molecular weight is 260 g/mol. The molecular weight excluding hydrogens is 243 g/mol. The van der Waals surface area contributed by atoms with E-state index in [2.05, 4.69) is 5.92 Å². The zero-order valence-corrected chi connectivity index (χ0v) is 11.4. The van der Waals surface area contributed by atoms with E-state index >= 15 is 0 Å². The molecule has 0 amide bonds. The van der Waals surface area contributed by atoms with Crippen molar-refractivity contribution in [1.29, 1.82) is 0 Å². The van der Waals surface area contributed by atoms with Gasteiger partial charge < -0.3 is 9.30 Å². The first-order valence-corrected chi connectivity index (χ1v) is 6.02. The fourth-order valence-electron chi connectivity index (χ4n) is 2.11. The fraction of sp³-hybridized carbons (Fsp3) is 0.333. The van der Waals surface area contributed by atoms with Crippen molar-refractivity contribution >= 4 is 10.9 Å². The minimum atomic E-state index is -0.256. The topological polar surface area (TPSA) is 17.4 Å². The lowest BCUT2D eigenvalue weighted by Crippen LogP contribution is -2.30. The van der Waals surface area contributed by atoms with Crippen LogP contribution < -0.4 is 4.74 Å². The summed E-state index contributed by atoms with van der Waals surface area (Å²) in [5.41, 5.74) is 0.917. The van der Waals surface area contributed by atoms with E-state index in [1.54, 1.807) is 13.2 Å². The molecule has 0 saturated carbocycles. The normalized spacial score (nSPS) is 12.6. The summed E-state index contributed by atoms with van der Waals surface area (Å²) in [6.07, 6.45) is 5.54. The second-order valence-electron chi connectivity index (χ2n) is 4.65. The Hall–Kier alpha value is -1.99. The van der Waals surface area contributed by atoms with Gasteiger partial charge in [-0.2, -0.15) is 0 Å². The van der Waals surface area contributed by atoms with Crippen LogP contribution in [-0.2, 0) is 6.54 Å². The van der Waals surface area contributed by atoms with Crippen molar-refractivity contribution in [1.82, 2.24) is 9.47 Å². The maximum atomic E-state index is 13.2. The first-order valence-electron chi connectivity index (χ1n) is 6.02. The maximum Gasteiger partial charge on any atom is 0.194 e. The largest absolute Gasteiger partial charge is 0.482 e. The summed E-state index contributed by atoms with van der Waals surface area (Å²) in [6.45, 7) is 0.599. The molecule has 19 heavy (non-hydrogen) atoms. The van der Waals surface area contributed by atoms with Crippen molar-refractivity contribution in [3.63, 3.8) is 0 Å². The Morgan fingerprint density at radius 2 is 2.16 bits per heavy atom. The lowest BCUT2D eigenvalue weighted by atomic mass is 10.2. The molecule has 0 saturated heterocycles. The average Bonchev–Trinajstić information content (AvgIpc) is 2.72. The van der Waals surface area contributed by atoms with Gasteiger partial charge in [-0.25, -0.2) is 4.39 Å². The number of terminal acetylenes is 1. The van der Waals surface area contributed by atoms with Gasteiger partial charge >= 0.3 is 0 Å². The summed E-state index contributed by atoms with van der Waals surface area (Å²) < 4.78 is 20.6. The standard InChI is InChI=1S/C15H17FN2O/c1-5-13(17(2)3)10-18-14-7-6-12(16)8-11(14)9-15(18)19-4/h1,6-9,13H,10H2,2-4H3/t13-/m1/s1. The van der Waals surface area contributed by atoms with Crippen LogP contribution in [0.1, 0.15) is 0 Å². The molecule has 0 aliphatic rings. The van der Waals surface area contributed by atoms with Gasteiger partial charge in [-0.05, 0) is 32.3 Å². The number of fused-ring (bicyclic) bond motifs is 1. The number of nitrogens with zero attached hydrogens (tertiary/aromatic N) is 2. The van der Waals surface area contributed by atoms with Gasteiger partial charge in [0.2, 0.25) is 0 Å². The van der Waals surface area contributed by atoms with Crippen molar-refractivity contribution < 1.29 is 9.13 Å². The minimum Gasteiger partial charge on any atom is -0.482 e. The van der Waals surface area contributed by atoms with Gasteiger partial charge in [0.15, 0.2) is 5.88 Å². The van der Waals surface area contributed by atoms with Crippen molar-refractivity contribution in [2.45, 2.75) is 12.6 Å². The first kappa shape index (κ1) is 13.4. The highest BCUT2D eigenvalue weighted by molar-refractivity contribution is 5.82. The maximum absolute atomic E-state index is 13.2. The van der Waals surface area contributed by atoms with Crippen molar-refractivity contribution in [3.8, 4) is 18.2 Å². The monoisotopic (exact) mass is 260 g/mol. The van der Waals surface area contributed by atoms with Gasteiger partial charge in [0, 0.05) is 11.5 Å². The van der Waals surface area contributed by atoms with Crippen LogP contribution in [0.15, 0.2) is 24.3 Å². The number of halogens is 1. The molecule has 0 aliphatic heterocycles. The molecule has 0 radical (unpaired) electrons. The van der Waals surface area contributed by atoms with Crippen LogP contribution in [0.25, 0.3) is 10.9 Å². The van der Waals surface area contributed by atoms with Crippen LogP contribution in [0.3, 0.4) is 0 Å². The molecule has 4 heteroatoms. The van der Waals surface area contributed by atoms with Crippen LogP contribution in [0, 0.1) is 18.2 Å². The second kappa shape index (κ2) is 5.33. The van der Waals surface area contributed by atoms with E-state index in [1.165, 1.54) is 12.1 Å². The molecule has 0 fully saturated rings.